The predicted octanol–water partition coefficient (Wildman–Crippen LogP) is 3.30. The zero-order valence-corrected chi connectivity index (χ0v) is 11.5. The van der Waals surface area contributed by atoms with Crippen LogP contribution in [0.15, 0.2) is 12.2 Å². The van der Waals surface area contributed by atoms with Crippen LogP contribution in [0.5, 0.6) is 0 Å². The van der Waals surface area contributed by atoms with Crippen LogP contribution in [-0.2, 0) is 0 Å². The van der Waals surface area contributed by atoms with Gasteiger partial charge in [-0.2, -0.15) is 23.5 Å². The van der Waals surface area contributed by atoms with Crippen LogP contribution in [0.1, 0.15) is 33.1 Å². The highest BCUT2D eigenvalue weighted by Gasteiger charge is 2.29. The van der Waals surface area contributed by atoms with Gasteiger partial charge in [-0.05, 0) is 26.2 Å². The zero-order chi connectivity index (χ0) is 11.3. The SMILES string of the molecule is C=C(C)CCC(N)C1SCCSC1CC. The van der Waals surface area contributed by atoms with E-state index in [4.69, 9.17) is 5.73 Å². The first-order chi connectivity index (χ1) is 7.15. The number of nitrogens with two attached hydrogens (primary N) is 1. The molecule has 0 bridgehead atoms. The van der Waals surface area contributed by atoms with Crippen molar-refractivity contribution in [2.75, 3.05) is 11.5 Å². The van der Waals surface area contributed by atoms with Crippen molar-refractivity contribution in [3.63, 3.8) is 0 Å². The molecule has 0 aliphatic carbocycles. The predicted molar refractivity (Wildman–Crippen MR) is 74.8 cm³/mol. The molecular weight excluding hydrogens is 222 g/mol. The first kappa shape index (κ1) is 13.5. The maximum Gasteiger partial charge on any atom is 0.0318 e. The highest BCUT2D eigenvalue weighted by molar-refractivity contribution is 8.07. The first-order valence-corrected chi connectivity index (χ1v) is 7.88. The lowest BCUT2D eigenvalue weighted by Crippen LogP contribution is -2.41. The van der Waals surface area contributed by atoms with Gasteiger partial charge in [-0.3, -0.25) is 0 Å². The lowest BCUT2D eigenvalue weighted by molar-refractivity contribution is 0.561. The Morgan fingerprint density at radius 1 is 1.47 bits per heavy atom. The van der Waals surface area contributed by atoms with Crippen molar-refractivity contribution in [2.45, 2.75) is 49.7 Å². The monoisotopic (exact) mass is 245 g/mol. The summed E-state index contributed by atoms with van der Waals surface area (Å²) >= 11 is 4.19. The summed E-state index contributed by atoms with van der Waals surface area (Å²) in [6.07, 6.45) is 3.44. The summed E-state index contributed by atoms with van der Waals surface area (Å²) in [5.41, 5.74) is 7.54. The third-order valence-corrected chi connectivity index (χ3v) is 6.25. The van der Waals surface area contributed by atoms with E-state index in [-0.39, 0.29) is 0 Å². The van der Waals surface area contributed by atoms with E-state index in [1.165, 1.54) is 23.5 Å². The van der Waals surface area contributed by atoms with Gasteiger partial charge in [-0.25, -0.2) is 0 Å². The second kappa shape index (κ2) is 6.87. The molecule has 0 amide bonds. The van der Waals surface area contributed by atoms with Gasteiger partial charge in [0.25, 0.3) is 0 Å². The van der Waals surface area contributed by atoms with Crippen LogP contribution in [0.25, 0.3) is 0 Å². The lowest BCUT2D eigenvalue weighted by atomic mass is 10.0. The Morgan fingerprint density at radius 3 is 2.73 bits per heavy atom. The molecule has 88 valence electrons. The summed E-state index contributed by atoms with van der Waals surface area (Å²) in [5.74, 6) is 2.57. The molecule has 1 heterocycles. The highest BCUT2D eigenvalue weighted by atomic mass is 32.2. The van der Waals surface area contributed by atoms with Gasteiger partial charge in [0.15, 0.2) is 0 Å². The molecule has 0 spiro atoms. The Bertz CT molecular complexity index is 206. The molecular formula is C12H23NS2. The van der Waals surface area contributed by atoms with Gasteiger partial charge in [-0.15, -0.1) is 6.58 Å². The van der Waals surface area contributed by atoms with E-state index < -0.39 is 0 Å². The van der Waals surface area contributed by atoms with Crippen LogP contribution in [0.3, 0.4) is 0 Å². The minimum absolute atomic E-state index is 0.351. The van der Waals surface area contributed by atoms with Crippen molar-refractivity contribution in [1.82, 2.24) is 0 Å². The van der Waals surface area contributed by atoms with Crippen LogP contribution in [-0.4, -0.2) is 28.0 Å². The molecule has 0 saturated carbocycles. The molecule has 3 unspecified atom stereocenters. The van der Waals surface area contributed by atoms with E-state index in [2.05, 4.69) is 44.0 Å². The van der Waals surface area contributed by atoms with Gasteiger partial charge >= 0.3 is 0 Å². The molecule has 1 aliphatic heterocycles. The van der Waals surface area contributed by atoms with E-state index in [9.17, 15) is 0 Å². The molecule has 15 heavy (non-hydrogen) atoms. The van der Waals surface area contributed by atoms with Gasteiger partial charge in [-0.1, -0.05) is 12.5 Å². The van der Waals surface area contributed by atoms with Crippen LogP contribution in [0.4, 0.5) is 0 Å². The Balaban J connectivity index is 2.40. The molecule has 1 rings (SSSR count). The molecule has 1 fully saturated rings. The molecule has 1 saturated heterocycles. The summed E-state index contributed by atoms with van der Waals surface area (Å²) < 4.78 is 0. The van der Waals surface area contributed by atoms with Crippen molar-refractivity contribution < 1.29 is 0 Å². The maximum atomic E-state index is 6.29. The number of hydrogen-bond acceptors (Lipinski definition) is 3. The number of rotatable bonds is 5. The summed E-state index contributed by atoms with van der Waals surface area (Å²) in [6, 6.07) is 0.351. The van der Waals surface area contributed by atoms with Gasteiger partial charge in [0, 0.05) is 28.0 Å². The molecule has 1 nitrogen and oxygen atoms in total. The number of hydrogen-bond donors (Lipinski definition) is 1. The normalized spacial score (nSPS) is 28.7. The third kappa shape index (κ3) is 4.41. The molecule has 1 aliphatic rings. The Labute approximate surface area is 103 Å². The molecule has 0 aromatic carbocycles. The average molecular weight is 245 g/mol. The smallest absolute Gasteiger partial charge is 0.0318 e. The fourth-order valence-corrected chi connectivity index (χ4v) is 5.15. The molecule has 0 radical (unpaired) electrons. The summed E-state index contributed by atoms with van der Waals surface area (Å²) in [6.45, 7) is 8.31. The Morgan fingerprint density at radius 2 is 2.13 bits per heavy atom. The lowest BCUT2D eigenvalue weighted by Gasteiger charge is -2.34. The van der Waals surface area contributed by atoms with Gasteiger partial charge in [0.1, 0.15) is 0 Å². The Hall–Kier alpha value is 0.400. The Kier molecular flexibility index (Phi) is 6.17. The van der Waals surface area contributed by atoms with Crippen LogP contribution in [0, 0.1) is 0 Å². The van der Waals surface area contributed by atoms with Crippen molar-refractivity contribution in [2.24, 2.45) is 5.73 Å². The van der Waals surface area contributed by atoms with Gasteiger partial charge in [0.2, 0.25) is 0 Å². The highest BCUT2D eigenvalue weighted by Crippen LogP contribution is 2.35. The minimum atomic E-state index is 0.351. The first-order valence-electron chi connectivity index (χ1n) is 5.78. The van der Waals surface area contributed by atoms with E-state index in [0.29, 0.717) is 11.3 Å². The van der Waals surface area contributed by atoms with E-state index in [0.717, 1.165) is 18.1 Å². The summed E-state index contributed by atoms with van der Waals surface area (Å²) in [7, 11) is 0. The fourth-order valence-electron chi connectivity index (χ4n) is 1.91. The van der Waals surface area contributed by atoms with Crippen molar-refractivity contribution in [1.29, 1.82) is 0 Å². The standard InChI is InChI=1S/C12H23NS2/c1-4-11-12(15-8-7-14-11)10(13)6-5-9(2)3/h10-12H,2,4-8,13H2,1,3H3. The van der Waals surface area contributed by atoms with Crippen molar-refractivity contribution in [3.05, 3.63) is 12.2 Å². The third-order valence-electron chi connectivity index (χ3n) is 2.82. The number of thioether (sulfide) groups is 2. The minimum Gasteiger partial charge on any atom is -0.327 e. The summed E-state index contributed by atoms with van der Waals surface area (Å²) in [4.78, 5) is 0. The zero-order valence-electron chi connectivity index (χ0n) is 9.87. The second-order valence-electron chi connectivity index (χ2n) is 4.31. The van der Waals surface area contributed by atoms with Gasteiger partial charge < -0.3 is 5.73 Å². The van der Waals surface area contributed by atoms with E-state index in [1.54, 1.807) is 0 Å². The van der Waals surface area contributed by atoms with Crippen LogP contribution >= 0.6 is 23.5 Å². The van der Waals surface area contributed by atoms with Crippen molar-refractivity contribution >= 4 is 23.5 Å². The fraction of sp³-hybridized carbons (Fsp3) is 0.833. The summed E-state index contributed by atoms with van der Waals surface area (Å²) in [5, 5.41) is 1.43. The molecule has 2 N–H and O–H groups in total. The van der Waals surface area contributed by atoms with Crippen LogP contribution in [0.2, 0.25) is 0 Å². The van der Waals surface area contributed by atoms with Gasteiger partial charge in [0.05, 0.1) is 0 Å². The van der Waals surface area contributed by atoms with E-state index in [1.807, 2.05) is 0 Å². The van der Waals surface area contributed by atoms with E-state index >= 15 is 0 Å². The van der Waals surface area contributed by atoms with Crippen molar-refractivity contribution in [3.8, 4) is 0 Å². The molecule has 0 aromatic rings. The largest absolute Gasteiger partial charge is 0.327 e. The maximum absolute atomic E-state index is 6.29. The molecule has 3 atom stereocenters. The number of allylic oxidation sites excluding steroid dienone is 1. The molecule has 3 heteroatoms. The molecule has 0 aromatic heterocycles. The quantitative estimate of drug-likeness (QED) is 0.753. The average Bonchev–Trinajstić information content (AvgIpc) is 2.25. The van der Waals surface area contributed by atoms with Crippen LogP contribution < -0.4 is 5.73 Å². The topological polar surface area (TPSA) is 26.0 Å². The second-order valence-corrected chi connectivity index (χ2v) is 6.95.